The van der Waals surface area contributed by atoms with Gasteiger partial charge in [-0.3, -0.25) is 4.90 Å². The third-order valence-corrected chi connectivity index (χ3v) is 6.72. The third kappa shape index (κ3) is 2.99. The van der Waals surface area contributed by atoms with Gasteiger partial charge < -0.3 is 5.73 Å². The Bertz CT molecular complexity index is 443. The van der Waals surface area contributed by atoms with Gasteiger partial charge in [0.15, 0.2) is 0 Å². The van der Waals surface area contributed by atoms with Crippen molar-refractivity contribution in [2.45, 2.75) is 63.6 Å². The molecule has 2 aliphatic rings. The molecule has 1 saturated heterocycles. The summed E-state index contributed by atoms with van der Waals surface area (Å²) in [7, 11) is 0. The number of piperidine rings is 1. The molecule has 1 saturated carbocycles. The minimum atomic E-state index is 0.196. The number of halogens is 1. The largest absolute Gasteiger partial charge is 0.326 e. The molecule has 112 valence electrons. The van der Waals surface area contributed by atoms with Crippen molar-refractivity contribution >= 4 is 27.3 Å². The molecule has 0 bridgehead atoms. The molecule has 2 nitrogen and oxygen atoms in total. The van der Waals surface area contributed by atoms with Gasteiger partial charge in [0.2, 0.25) is 0 Å². The number of nitrogens with two attached hydrogens (primary N) is 1. The Balaban J connectivity index is 1.86. The van der Waals surface area contributed by atoms with E-state index in [1.165, 1.54) is 53.7 Å². The Morgan fingerprint density at radius 1 is 1.25 bits per heavy atom. The third-order valence-electron chi connectivity index (χ3n) is 5.03. The summed E-state index contributed by atoms with van der Waals surface area (Å²) in [6, 6.07) is 5.79. The quantitative estimate of drug-likeness (QED) is 0.860. The first-order chi connectivity index (χ1) is 9.66. The fourth-order valence-corrected chi connectivity index (χ4v) is 5.88. The summed E-state index contributed by atoms with van der Waals surface area (Å²) in [5.41, 5.74) is 6.38. The molecular weight excluding hydrogens is 332 g/mol. The SMILES string of the molecule is CC(N)C(c1ccc(Br)s1)N1CCCC2CCCCC21. The highest BCUT2D eigenvalue weighted by Gasteiger charge is 2.38. The molecule has 2 fully saturated rings. The lowest BCUT2D eigenvalue weighted by atomic mass is 9.77. The second-order valence-corrected chi connectivity index (χ2v) is 8.93. The summed E-state index contributed by atoms with van der Waals surface area (Å²) in [5.74, 6) is 0.919. The van der Waals surface area contributed by atoms with Gasteiger partial charge in [0.1, 0.15) is 0 Å². The predicted molar refractivity (Wildman–Crippen MR) is 90.1 cm³/mol. The second kappa shape index (κ2) is 6.47. The smallest absolute Gasteiger partial charge is 0.0702 e. The Morgan fingerprint density at radius 3 is 2.70 bits per heavy atom. The Labute approximate surface area is 134 Å². The van der Waals surface area contributed by atoms with Gasteiger partial charge in [-0.2, -0.15) is 0 Å². The first-order valence-electron chi connectivity index (χ1n) is 7.93. The van der Waals surface area contributed by atoms with Crippen LogP contribution in [0.2, 0.25) is 0 Å². The lowest BCUT2D eigenvalue weighted by Gasteiger charge is -2.48. The van der Waals surface area contributed by atoms with Crippen molar-refractivity contribution in [3.63, 3.8) is 0 Å². The maximum atomic E-state index is 6.38. The fraction of sp³-hybridized carbons (Fsp3) is 0.750. The van der Waals surface area contributed by atoms with E-state index in [2.05, 4.69) is 39.9 Å². The molecule has 4 unspecified atom stereocenters. The molecule has 1 aliphatic heterocycles. The molecule has 4 heteroatoms. The van der Waals surface area contributed by atoms with Crippen molar-refractivity contribution < 1.29 is 0 Å². The van der Waals surface area contributed by atoms with E-state index in [4.69, 9.17) is 5.73 Å². The Morgan fingerprint density at radius 2 is 2.00 bits per heavy atom. The summed E-state index contributed by atoms with van der Waals surface area (Å²) in [6.45, 7) is 3.40. The summed E-state index contributed by atoms with van der Waals surface area (Å²) in [5, 5.41) is 0. The summed E-state index contributed by atoms with van der Waals surface area (Å²) in [4.78, 5) is 4.18. The van der Waals surface area contributed by atoms with E-state index in [-0.39, 0.29) is 6.04 Å². The maximum absolute atomic E-state index is 6.38. The van der Waals surface area contributed by atoms with Crippen molar-refractivity contribution in [2.75, 3.05) is 6.54 Å². The molecule has 1 aromatic heterocycles. The lowest BCUT2D eigenvalue weighted by Crippen LogP contribution is -2.51. The molecular formula is C16H25BrN2S. The normalized spacial score (nSPS) is 30.8. The van der Waals surface area contributed by atoms with E-state index < -0.39 is 0 Å². The molecule has 3 rings (SSSR count). The molecule has 0 spiro atoms. The number of hydrogen-bond acceptors (Lipinski definition) is 3. The second-order valence-electron chi connectivity index (χ2n) is 6.44. The highest BCUT2D eigenvalue weighted by atomic mass is 79.9. The fourth-order valence-electron chi connectivity index (χ4n) is 4.22. The first-order valence-corrected chi connectivity index (χ1v) is 9.54. The minimum absolute atomic E-state index is 0.196. The van der Waals surface area contributed by atoms with Crippen molar-refractivity contribution in [1.29, 1.82) is 0 Å². The number of fused-ring (bicyclic) bond motifs is 1. The number of nitrogens with zero attached hydrogens (tertiary/aromatic N) is 1. The molecule has 2 heterocycles. The van der Waals surface area contributed by atoms with Crippen LogP contribution in [0.1, 0.15) is 56.4 Å². The molecule has 0 aromatic carbocycles. The van der Waals surface area contributed by atoms with Crippen molar-refractivity contribution in [1.82, 2.24) is 4.90 Å². The van der Waals surface area contributed by atoms with E-state index in [1.807, 2.05) is 11.3 Å². The van der Waals surface area contributed by atoms with Gasteiger partial charge in [0, 0.05) is 17.0 Å². The lowest BCUT2D eigenvalue weighted by molar-refractivity contribution is 0.0191. The first kappa shape index (κ1) is 15.0. The van der Waals surface area contributed by atoms with E-state index in [1.54, 1.807) is 0 Å². The van der Waals surface area contributed by atoms with Crippen LogP contribution in [0.5, 0.6) is 0 Å². The zero-order valence-electron chi connectivity index (χ0n) is 12.2. The molecule has 0 amide bonds. The van der Waals surface area contributed by atoms with Gasteiger partial charge in [-0.1, -0.05) is 12.8 Å². The van der Waals surface area contributed by atoms with Crippen LogP contribution in [0.25, 0.3) is 0 Å². The number of thiophene rings is 1. The van der Waals surface area contributed by atoms with Gasteiger partial charge in [0.25, 0.3) is 0 Å². The topological polar surface area (TPSA) is 29.3 Å². The number of likely N-dealkylation sites (tertiary alicyclic amines) is 1. The van der Waals surface area contributed by atoms with Crippen LogP contribution in [0, 0.1) is 5.92 Å². The van der Waals surface area contributed by atoms with Crippen LogP contribution in [0.15, 0.2) is 15.9 Å². The van der Waals surface area contributed by atoms with E-state index >= 15 is 0 Å². The van der Waals surface area contributed by atoms with Crippen molar-refractivity contribution in [3.8, 4) is 0 Å². The molecule has 0 radical (unpaired) electrons. The molecule has 1 aromatic rings. The summed E-state index contributed by atoms with van der Waals surface area (Å²) in [6.07, 6.45) is 8.42. The number of rotatable bonds is 3. The zero-order chi connectivity index (χ0) is 14.1. The van der Waals surface area contributed by atoms with Crippen LogP contribution in [0.3, 0.4) is 0 Å². The Kier molecular flexibility index (Phi) is 4.86. The van der Waals surface area contributed by atoms with E-state index in [9.17, 15) is 0 Å². The highest BCUT2D eigenvalue weighted by Crippen LogP contribution is 2.42. The predicted octanol–water partition coefficient (Wildman–Crippen LogP) is 4.55. The van der Waals surface area contributed by atoms with Crippen LogP contribution in [-0.2, 0) is 0 Å². The van der Waals surface area contributed by atoms with Gasteiger partial charge in [-0.05, 0) is 73.1 Å². The van der Waals surface area contributed by atoms with E-state index in [0.717, 1.165) is 12.0 Å². The van der Waals surface area contributed by atoms with Crippen LogP contribution >= 0.6 is 27.3 Å². The Hall–Kier alpha value is 0.1000. The molecule has 1 aliphatic carbocycles. The van der Waals surface area contributed by atoms with Gasteiger partial charge in [-0.15, -0.1) is 11.3 Å². The van der Waals surface area contributed by atoms with Crippen LogP contribution < -0.4 is 5.73 Å². The van der Waals surface area contributed by atoms with Gasteiger partial charge in [-0.25, -0.2) is 0 Å². The molecule has 4 atom stereocenters. The molecule has 2 N–H and O–H groups in total. The van der Waals surface area contributed by atoms with Crippen molar-refractivity contribution in [3.05, 3.63) is 20.8 Å². The van der Waals surface area contributed by atoms with Crippen LogP contribution in [-0.4, -0.2) is 23.5 Å². The monoisotopic (exact) mass is 356 g/mol. The van der Waals surface area contributed by atoms with Gasteiger partial charge in [0.05, 0.1) is 9.83 Å². The van der Waals surface area contributed by atoms with E-state index in [0.29, 0.717) is 6.04 Å². The van der Waals surface area contributed by atoms with Crippen LogP contribution in [0.4, 0.5) is 0 Å². The number of hydrogen-bond donors (Lipinski definition) is 1. The van der Waals surface area contributed by atoms with Gasteiger partial charge >= 0.3 is 0 Å². The standard InChI is InChI=1S/C16H25BrN2S/c1-11(18)16(14-8-9-15(17)20-14)19-10-4-6-12-5-2-3-7-13(12)19/h8-9,11-13,16H,2-7,10,18H2,1H3. The maximum Gasteiger partial charge on any atom is 0.0702 e. The van der Waals surface area contributed by atoms with Crippen molar-refractivity contribution in [2.24, 2.45) is 11.7 Å². The minimum Gasteiger partial charge on any atom is -0.326 e. The average molecular weight is 357 g/mol. The zero-order valence-corrected chi connectivity index (χ0v) is 14.6. The molecule has 20 heavy (non-hydrogen) atoms. The highest BCUT2D eigenvalue weighted by molar-refractivity contribution is 9.11. The summed E-state index contributed by atoms with van der Waals surface area (Å²) < 4.78 is 1.22. The average Bonchev–Trinajstić information content (AvgIpc) is 2.85. The summed E-state index contributed by atoms with van der Waals surface area (Å²) >= 11 is 5.45.